The number of cyclic esters (lactones) is 1. The first-order valence-corrected chi connectivity index (χ1v) is 8.18. The second-order valence-corrected chi connectivity index (χ2v) is 6.32. The normalized spacial score (nSPS) is 15.7. The van der Waals surface area contributed by atoms with Gasteiger partial charge in [0.1, 0.15) is 11.8 Å². The Kier molecular flexibility index (Phi) is 3.82. The van der Waals surface area contributed by atoms with Crippen molar-refractivity contribution in [1.29, 1.82) is 0 Å². The van der Waals surface area contributed by atoms with Gasteiger partial charge < -0.3 is 13.6 Å². The number of rotatable bonds is 2. The third kappa shape index (κ3) is 2.92. The van der Waals surface area contributed by atoms with Gasteiger partial charge in [-0.25, -0.2) is 9.79 Å². The maximum absolute atomic E-state index is 12.5. The highest BCUT2D eigenvalue weighted by Gasteiger charge is 2.26. The molecule has 124 valence electrons. The van der Waals surface area contributed by atoms with Crippen molar-refractivity contribution >= 4 is 56.4 Å². The highest BCUT2D eigenvalue weighted by atomic mass is 79.9. The average Bonchev–Trinajstić information content (AvgIpc) is 3.17. The van der Waals surface area contributed by atoms with Crippen LogP contribution in [0, 0.1) is 0 Å². The lowest BCUT2D eigenvalue weighted by molar-refractivity contribution is -0.130. The van der Waals surface area contributed by atoms with Crippen LogP contribution in [0.3, 0.4) is 0 Å². The standard InChI is InChI=1S/C17H7BrClNO5/c18-14-4-3-13(24-14)16-20-11(17(22)25-16)5-8-7-23-12-2-1-9(19)6-10(12)15(8)21/h1-7H. The summed E-state index contributed by atoms with van der Waals surface area (Å²) in [5.41, 5.74) is 0.201. The molecule has 25 heavy (non-hydrogen) atoms. The lowest BCUT2D eigenvalue weighted by Gasteiger charge is -1.99. The van der Waals surface area contributed by atoms with E-state index in [0.29, 0.717) is 26.4 Å². The summed E-state index contributed by atoms with van der Waals surface area (Å²) in [5.74, 6) is -0.371. The van der Waals surface area contributed by atoms with Crippen LogP contribution in [0.2, 0.25) is 5.02 Å². The molecule has 0 amide bonds. The fourth-order valence-electron chi connectivity index (χ4n) is 2.31. The van der Waals surface area contributed by atoms with Gasteiger partial charge in [0.05, 0.1) is 10.9 Å². The first kappa shape index (κ1) is 15.9. The third-order valence-corrected chi connectivity index (χ3v) is 4.12. The summed E-state index contributed by atoms with van der Waals surface area (Å²) < 4.78 is 16.2. The summed E-state index contributed by atoms with van der Waals surface area (Å²) >= 11 is 9.08. The Hall–Kier alpha value is -2.64. The largest absolute Gasteiger partial charge is 0.463 e. The third-order valence-electron chi connectivity index (χ3n) is 3.46. The van der Waals surface area contributed by atoms with Crippen molar-refractivity contribution in [1.82, 2.24) is 0 Å². The molecule has 8 heteroatoms. The van der Waals surface area contributed by atoms with Crippen LogP contribution >= 0.6 is 27.5 Å². The van der Waals surface area contributed by atoms with Crippen molar-refractivity contribution in [3.8, 4) is 0 Å². The number of benzene rings is 1. The average molecular weight is 421 g/mol. The predicted molar refractivity (Wildman–Crippen MR) is 94.5 cm³/mol. The molecule has 0 fully saturated rings. The Morgan fingerprint density at radius 1 is 1.16 bits per heavy atom. The van der Waals surface area contributed by atoms with E-state index in [-0.39, 0.29) is 22.6 Å². The number of hydrogen-bond acceptors (Lipinski definition) is 6. The second-order valence-electron chi connectivity index (χ2n) is 5.10. The molecule has 3 aromatic rings. The molecule has 0 N–H and O–H groups in total. The second kappa shape index (κ2) is 6.02. The first-order valence-electron chi connectivity index (χ1n) is 7.00. The Balaban J connectivity index is 1.79. The zero-order chi connectivity index (χ0) is 17.6. The maximum Gasteiger partial charge on any atom is 0.363 e. The van der Waals surface area contributed by atoms with Gasteiger partial charge in [0.15, 0.2) is 21.6 Å². The smallest absolute Gasteiger partial charge is 0.363 e. The fraction of sp³-hybridized carbons (Fsp3) is 0. The monoisotopic (exact) mass is 419 g/mol. The van der Waals surface area contributed by atoms with Gasteiger partial charge in [-0.05, 0) is 52.3 Å². The molecule has 1 aliphatic rings. The minimum absolute atomic E-state index is 0.0233. The molecule has 0 radical (unpaired) electrons. The van der Waals surface area contributed by atoms with E-state index in [9.17, 15) is 9.59 Å². The van der Waals surface area contributed by atoms with E-state index in [1.165, 1.54) is 18.4 Å². The molecule has 1 aliphatic heterocycles. The summed E-state index contributed by atoms with van der Waals surface area (Å²) in [6, 6.07) is 7.98. The van der Waals surface area contributed by atoms with Gasteiger partial charge in [-0.2, -0.15) is 0 Å². The zero-order valence-corrected chi connectivity index (χ0v) is 14.6. The van der Waals surface area contributed by atoms with Gasteiger partial charge >= 0.3 is 5.97 Å². The Morgan fingerprint density at radius 3 is 2.76 bits per heavy atom. The van der Waals surface area contributed by atoms with Gasteiger partial charge in [-0.3, -0.25) is 4.79 Å². The number of ether oxygens (including phenoxy) is 1. The van der Waals surface area contributed by atoms with Crippen LogP contribution in [-0.2, 0) is 9.53 Å². The van der Waals surface area contributed by atoms with Gasteiger partial charge in [-0.15, -0.1) is 0 Å². The fourth-order valence-corrected chi connectivity index (χ4v) is 2.79. The van der Waals surface area contributed by atoms with Crippen molar-refractivity contribution in [3.63, 3.8) is 0 Å². The van der Waals surface area contributed by atoms with Crippen LogP contribution in [0.4, 0.5) is 0 Å². The Labute approximate surface area is 153 Å². The summed E-state index contributed by atoms with van der Waals surface area (Å²) in [4.78, 5) is 28.6. The highest BCUT2D eigenvalue weighted by Crippen LogP contribution is 2.23. The lowest BCUT2D eigenvalue weighted by atomic mass is 10.1. The molecule has 0 unspecified atom stereocenters. The van der Waals surface area contributed by atoms with E-state index in [0.717, 1.165) is 0 Å². The molecule has 0 aliphatic carbocycles. The Morgan fingerprint density at radius 2 is 2.00 bits per heavy atom. The zero-order valence-electron chi connectivity index (χ0n) is 12.3. The molecular weight excluding hydrogens is 414 g/mol. The molecule has 0 bridgehead atoms. The van der Waals surface area contributed by atoms with E-state index >= 15 is 0 Å². The number of furan rings is 1. The number of carbonyl (C=O) groups excluding carboxylic acids is 1. The number of halogens is 2. The van der Waals surface area contributed by atoms with Crippen molar-refractivity contribution < 1.29 is 18.4 Å². The van der Waals surface area contributed by atoms with Gasteiger partial charge in [0.25, 0.3) is 5.90 Å². The molecule has 1 aromatic carbocycles. The molecule has 6 nitrogen and oxygen atoms in total. The summed E-state index contributed by atoms with van der Waals surface area (Å²) in [7, 11) is 0. The number of hydrogen-bond donors (Lipinski definition) is 0. The van der Waals surface area contributed by atoms with Crippen molar-refractivity contribution in [2.45, 2.75) is 0 Å². The number of aliphatic imine (C=N–C) groups is 1. The number of esters is 1. The quantitative estimate of drug-likeness (QED) is 0.459. The van der Waals surface area contributed by atoms with Gasteiger partial charge in [0.2, 0.25) is 0 Å². The highest BCUT2D eigenvalue weighted by molar-refractivity contribution is 9.10. The van der Waals surface area contributed by atoms with Crippen LogP contribution in [0.5, 0.6) is 0 Å². The minimum Gasteiger partial charge on any atom is -0.463 e. The minimum atomic E-state index is -0.687. The number of fused-ring (bicyclic) bond motifs is 1. The lowest BCUT2D eigenvalue weighted by Crippen LogP contribution is -2.07. The molecule has 4 rings (SSSR count). The molecule has 0 saturated heterocycles. The van der Waals surface area contributed by atoms with Crippen LogP contribution < -0.4 is 5.43 Å². The van der Waals surface area contributed by atoms with E-state index < -0.39 is 5.97 Å². The van der Waals surface area contributed by atoms with Crippen LogP contribution in [0.1, 0.15) is 11.3 Å². The van der Waals surface area contributed by atoms with Crippen molar-refractivity contribution in [2.24, 2.45) is 4.99 Å². The summed E-state index contributed by atoms with van der Waals surface area (Å²) in [6.07, 6.45) is 2.56. The number of nitrogens with zero attached hydrogens (tertiary/aromatic N) is 1. The summed E-state index contributed by atoms with van der Waals surface area (Å²) in [6.45, 7) is 0. The first-order chi connectivity index (χ1) is 12.0. The topological polar surface area (TPSA) is 82.0 Å². The maximum atomic E-state index is 12.5. The summed E-state index contributed by atoms with van der Waals surface area (Å²) in [5, 5.41) is 0.723. The SMILES string of the molecule is O=C1OC(c2ccc(Br)o2)=NC1=Cc1coc2ccc(Cl)cc2c1=O. The van der Waals surface area contributed by atoms with Crippen LogP contribution in [0.25, 0.3) is 17.0 Å². The van der Waals surface area contributed by atoms with Crippen molar-refractivity contribution in [2.75, 3.05) is 0 Å². The molecule has 0 saturated carbocycles. The molecule has 2 aromatic heterocycles. The molecular formula is C17H7BrClNO5. The number of carbonyl (C=O) groups is 1. The van der Waals surface area contributed by atoms with Gasteiger partial charge in [0, 0.05) is 5.02 Å². The van der Waals surface area contributed by atoms with Crippen molar-refractivity contribution in [3.05, 3.63) is 73.5 Å². The van der Waals surface area contributed by atoms with Crippen LogP contribution in [0.15, 0.2) is 65.6 Å². The Bertz CT molecular complexity index is 1140. The molecule has 0 spiro atoms. The van der Waals surface area contributed by atoms with E-state index in [4.69, 9.17) is 25.2 Å². The molecule has 0 atom stereocenters. The predicted octanol–water partition coefficient (Wildman–Crippen LogP) is 4.15. The molecule has 3 heterocycles. The van der Waals surface area contributed by atoms with Gasteiger partial charge in [-0.1, -0.05) is 11.6 Å². The van der Waals surface area contributed by atoms with E-state index in [2.05, 4.69) is 20.9 Å². The van der Waals surface area contributed by atoms with E-state index in [1.54, 1.807) is 24.3 Å². The van der Waals surface area contributed by atoms with Crippen LogP contribution in [-0.4, -0.2) is 11.9 Å². The van der Waals surface area contributed by atoms with E-state index in [1.807, 2.05) is 0 Å².